The smallest absolute Gasteiger partial charge is 0.234 e. The van der Waals surface area contributed by atoms with Gasteiger partial charge in [-0.05, 0) is 38.9 Å². The Kier molecular flexibility index (Phi) is 6.60. The van der Waals surface area contributed by atoms with Crippen molar-refractivity contribution >= 4 is 5.91 Å². The number of carbonyl (C=O) groups is 1. The third-order valence-corrected chi connectivity index (χ3v) is 3.04. The lowest BCUT2D eigenvalue weighted by molar-refractivity contribution is -0.120. The van der Waals surface area contributed by atoms with Crippen LogP contribution >= 0.6 is 0 Å². The zero-order valence-corrected chi connectivity index (χ0v) is 10.5. The van der Waals surface area contributed by atoms with E-state index in [-0.39, 0.29) is 12.5 Å². The minimum absolute atomic E-state index is 0.0927. The molecule has 0 aromatic heterocycles. The van der Waals surface area contributed by atoms with E-state index in [1.807, 2.05) is 6.07 Å². The Morgan fingerprint density at radius 3 is 2.76 bits per heavy atom. The molecule has 2 N–H and O–H groups in total. The number of nitrogens with one attached hydrogen (secondary N) is 2. The zero-order valence-electron chi connectivity index (χ0n) is 10.5. The van der Waals surface area contributed by atoms with Crippen molar-refractivity contribution in [2.24, 2.45) is 0 Å². The van der Waals surface area contributed by atoms with Crippen molar-refractivity contribution in [2.75, 3.05) is 32.7 Å². The van der Waals surface area contributed by atoms with E-state index in [0.29, 0.717) is 12.6 Å². The normalized spacial score (nSPS) is 17.6. The highest BCUT2D eigenvalue weighted by Gasteiger charge is 2.18. The number of hydrogen-bond donors (Lipinski definition) is 2. The lowest BCUT2D eigenvalue weighted by atomic mass is 10.0. The molecule has 5 nitrogen and oxygen atoms in total. The van der Waals surface area contributed by atoms with Crippen LogP contribution in [-0.2, 0) is 4.79 Å². The number of likely N-dealkylation sites (tertiary alicyclic amines) is 1. The molecule has 1 heterocycles. The van der Waals surface area contributed by atoms with Crippen molar-refractivity contribution in [3.63, 3.8) is 0 Å². The molecule has 5 heteroatoms. The summed E-state index contributed by atoms with van der Waals surface area (Å²) in [5, 5.41) is 14.1. The van der Waals surface area contributed by atoms with E-state index in [0.717, 1.165) is 25.9 Å². The highest BCUT2D eigenvalue weighted by Crippen LogP contribution is 2.09. The standard InChI is InChI=1S/C12H22N4O/c1-2-7-16-8-3-11(4-9-16)15-10-12(17)14-6-5-13/h11,15H,2-4,6-10H2,1H3,(H,14,17). The first-order valence-electron chi connectivity index (χ1n) is 6.35. The van der Waals surface area contributed by atoms with E-state index in [2.05, 4.69) is 22.5 Å². The van der Waals surface area contributed by atoms with E-state index in [4.69, 9.17) is 5.26 Å². The van der Waals surface area contributed by atoms with Gasteiger partial charge in [-0.15, -0.1) is 0 Å². The molecule has 1 saturated heterocycles. The summed E-state index contributed by atoms with van der Waals surface area (Å²) < 4.78 is 0. The average molecular weight is 238 g/mol. The Hall–Kier alpha value is -1.12. The van der Waals surface area contributed by atoms with Gasteiger partial charge in [0, 0.05) is 6.04 Å². The molecule has 0 aromatic carbocycles. The molecular formula is C12H22N4O. The lowest BCUT2D eigenvalue weighted by Crippen LogP contribution is -2.45. The van der Waals surface area contributed by atoms with E-state index in [1.165, 1.54) is 13.0 Å². The molecule has 0 saturated carbocycles. The van der Waals surface area contributed by atoms with Gasteiger partial charge in [0.25, 0.3) is 0 Å². The molecular weight excluding hydrogens is 216 g/mol. The Labute approximate surface area is 103 Å². The number of nitriles is 1. The molecule has 0 aromatic rings. The number of amides is 1. The van der Waals surface area contributed by atoms with Crippen LogP contribution < -0.4 is 10.6 Å². The minimum Gasteiger partial charge on any atom is -0.342 e. The molecule has 17 heavy (non-hydrogen) atoms. The summed E-state index contributed by atoms with van der Waals surface area (Å²) in [6, 6.07) is 2.33. The number of carbonyl (C=O) groups excluding carboxylic acids is 1. The van der Waals surface area contributed by atoms with Crippen molar-refractivity contribution in [1.29, 1.82) is 5.26 Å². The van der Waals surface area contributed by atoms with Gasteiger partial charge in [-0.2, -0.15) is 5.26 Å². The third kappa shape index (κ3) is 5.66. The maximum Gasteiger partial charge on any atom is 0.234 e. The average Bonchev–Trinajstić information content (AvgIpc) is 2.36. The summed E-state index contributed by atoms with van der Waals surface area (Å²) in [6.07, 6.45) is 3.41. The van der Waals surface area contributed by atoms with Gasteiger partial charge in [0.05, 0.1) is 12.6 Å². The third-order valence-electron chi connectivity index (χ3n) is 3.04. The molecule has 0 aliphatic carbocycles. The number of rotatable bonds is 6. The SMILES string of the molecule is CCCN1CCC(NCC(=O)NCC#N)CC1. The lowest BCUT2D eigenvalue weighted by Gasteiger charge is -2.32. The predicted molar refractivity (Wildman–Crippen MR) is 66.4 cm³/mol. The Morgan fingerprint density at radius 1 is 1.47 bits per heavy atom. The van der Waals surface area contributed by atoms with Gasteiger partial charge in [-0.1, -0.05) is 6.92 Å². The maximum atomic E-state index is 11.3. The van der Waals surface area contributed by atoms with Gasteiger partial charge in [-0.3, -0.25) is 4.79 Å². The van der Waals surface area contributed by atoms with Gasteiger partial charge < -0.3 is 15.5 Å². The summed E-state index contributed by atoms with van der Waals surface area (Å²) >= 11 is 0. The van der Waals surface area contributed by atoms with Gasteiger partial charge >= 0.3 is 0 Å². The number of hydrogen-bond acceptors (Lipinski definition) is 4. The van der Waals surface area contributed by atoms with Crippen molar-refractivity contribution in [3.05, 3.63) is 0 Å². The molecule has 1 aliphatic rings. The first-order chi connectivity index (χ1) is 8.26. The van der Waals surface area contributed by atoms with Crippen LogP contribution in [0.15, 0.2) is 0 Å². The predicted octanol–water partition coefficient (Wildman–Crippen LogP) is 0.0902. The second-order valence-corrected chi connectivity index (χ2v) is 4.43. The second-order valence-electron chi connectivity index (χ2n) is 4.43. The fraction of sp³-hybridized carbons (Fsp3) is 0.833. The quantitative estimate of drug-likeness (QED) is 0.644. The molecule has 0 radical (unpaired) electrons. The van der Waals surface area contributed by atoms with Crippen LogP contribution in [0.1, 0.15) is 26.2 Å². The van der Waals surface area contributed by atoms with Crippen molar-refractivity contribution in [2.45, 2.75) is 32.2 Å². The van der Waals surface area contributed by atoms with E-state index < -0.39 is 0 Å². The van der Waals surface area contributed by atoms with Crippen molar-refractivity contribution < 1.29 is 4.79 Å². The van der Waals surface area contributed by atoms with Gasteiger partial charge in [0.15, 0.2) is 0 Å². The van der Waals surface area contributed by atoms with Crippen LogP contribution in [0.2, 0.25) is 0 Å². The highest BCUT2D eigenvalue weighted by molar-refractivity contribution is 5.78. The van der Waals surface area contributed by atoms with Gasteiger partial charge in [0.1, 0.15) is 6.54 Å². The first kappa shape index (κ1) is 13.9. The molecule has 0 bridgehead atoms. The van der Waals surface area contributed by atoms with Crippen molar-refractivity contribution in [1.82, 2.24) is 15.5 Å². The van der Waals surface area contributed by atoms with Crippen LogP contribution in [-0.4, -0.2) is 49.6 Å². The minimum atomic E-state index is -0.0949. The van der Waals surface area contributed by atoms with E-state index in [9.17, 15) is 4.79 Å². The molecule has 0 unspecified atom stereocenters. The molecule has 0 atom stereocenters. The summed E-state index contributed by atoms with van der Waals surface area (Å²) in [6.45, 7) is 6.02. The summed E-state index contributed by atoms with van der Waals surface area (Å²) in [7, 11) is 0. The van der Waals surface area contributed by atoms with Gasteiger partial charge in [0.2, 0.25) is 5.91 Å². The monoisotopic (exact) mass is 238 g/mol. The Morgan fingerprint density at radius 2 is 2.18 bits per heavy atom. The number of piperidine rings is 1. The van der Waals surface area contributed by atoms with Crippen LogP contribution in [0, 0.1) is 11.3 Å². The molecule has 0 spiro atoms. The molecule has 1 fully saturated rings. The summed E-state index contributed by atoms with van der Waals surface area (Å²) in [5.74, 6) is -0.0949. The topological polar surface area (TPSA) is 68.2 Å². The summed E-state index contributed by atoms with van der Waals surface area (Å²) in [5.41, 5.74) is 0. The number of nitrogens with zero attached hydrogens (tertiary/aromatic N) is 2. The van der Waals surface area contributed by atoms with Crippen LogP contribution in [0.25, 0.3) is 0 Å². The largest absolute Gasteiger partial charge is 0.342 e. The fourth-order valence-corrected chi connectivity index (χ4v) is 2.11. The Balaban J connectivity index is 2.10. The summed E-state index contributed by atoms with van der Waals surface area (Å²) in [4.78, 5) is 13.7. The Bertz CT molecular complexity index is 266. The molecule has 1 rings (SSSR count). The van der Waals surface area contributed by atoms with E-state index >= 15 is 0 Å². The van der Waals surface area contributed by atoms with Crippen LogP contribution in [0.4, 0.5) is 0 Å². The van der Waals surface area contributed by atoms with E-state index in [1.54, 1.807) is 0 Å². The van der Waals surface area contributed by atoms with Crippen LogP contribution in [0.5, 0.6) is 0 Å². The second kappa shape index (κ2) is 8.04. The highest BCUT2D eigenvalue weighted by atomic mass is 16.1. The van der Waals surface area contributed by atoms with Crippen molar-refractivity contribution in [3.8, 4) is 6.07 Å². The first-order valence-corrected chi connectivity index (χ1v) is 6.35. The molecule has 1 amide bonds. The molecule has 96 valence electrons. The maximum absolute atomic E-state index is 11.3. The fourth-order valence-electron chi connectivity index (χ4n) is 2.11. The van der Waals surface area contributed by atoms with Gasteiger partial charge in [-0.25, -0.2) is 0 Å². The van der Waals surface area contributed by atoms with Crippen LogP contribution in [0.3, 0.4) is 0 Å². The zero-order chi connectivity index (χ0) is 12.5. The molecule has 1 aliphatic heterocycles.